The van der Waals surface area contributed by atoms with Gasteiger partial charge in [-0.05, 0) is 12.1 Å². The van der Waals surface area contributed by atoms with Crippen LogP contribution in [-0.4, -0.2) is 21.0 Å². The first-order chi connectivity index (χ1) is 7.39. The Balaban J connectivity index is 2.49. The van der Waals surface area contributed by atoms with E-state index < -0.39 is 15.9 Å². The number of benzene rings is 1. The highest BCUT2D eigenvalue weighted by Crippen LogP contribution is 2.31. The third kappa shape index (κ3) is 4.58. The van der Waals surface area contributed by atoms with E-state index in [0.29, 0.717) is 5.75 Å². The minimum atomic E-state index is -1.89. The largest absolute Gasteiger partial charge is 0.426 e. The summed E-state index contributed by atoms with van der Waals surface area (Å²) < 4.78 is 3.01. The second-order valence-electron chi connectivity index (χ2n) is 3.05. The molecule has 88 valence electrons. The zero-order valence-corrected chi connectivity index (χ0v) is 10.3. The molecule has 0 heterocycles. The van der Waals surface area contributed by atoms with Crippen molar-refractivity contribution in [2.24, 2.45) is 0 Å². The molecule has 0 unspecified atom stereocenters. The smallest absolute Gasteiger partial charge is 0.313 e. The Kier molecular flexibility index (Phi) is 4.87. The predicted molar refractivity (Wildman–Crippen MR) is 63.0 cm³/mol. The number of esters is 1. The highest BCUT2D eigenvalue weighted by atomic mass is 35.6. The van der Waals surface area contributed by atoms with Crippen LogP contribution in [-0.2, 0) is 4.79 Å². The number of aliphatic hydroxyl groups excluding tert-OH is 1. The predicted octanol–water partition coefficient (Wildman–Crippen LogP) is 2.71. The van der Waals surface area contributed by atoms with Gasteiger partial charge >= 0.3 is 5.97 Å². The van der Waals surface area contributed by atoms with Crippen molar-refractivity contribution >= 4 is 40.8 Å². The molecule has 6 heteroatoms. The number of rotatable bonds is 3. The van der Waals surface area contributed by atoms with E-state index >= 15 is 0 Å². The zero-order chi connectivity index (χ0) is 12.2. The SMILES string of the molecule is O=C(C[C@@H](O)C(Cl)(Cl)Cl)Oc1ccccc1. The van der Waals surface area contributed by atoms with E-state index in [4.69, 9.17) is 39.5 Å². The van der Waals surface area contributed by atoms with Crippen molar-refractivity contribution < 1.29 is 14.6 Å². The van der Waals surface area contributed by atoms with Gasteiger partial charge in [-0.3, -0.25) is 4.79 Å². The minimum Gasteiger partial charge on any atom is -0.426 e. The summed E-state index contributed by atoms with van der Waals surface area (Å²) in [5, 5.41) is 9.34. The van der Waals surface area contributed by atoms with Crippen molar-refractivity contribution in [2.75, 3.05) is 0 Å². The summed E-state index contributed by atoms with van der Waals surface area (Å²) >= 11 is 16.2. The third-order valence-electron chi connectivity index (χ3n) is 1.71. The fourth-order valence-electron chi connectivity index (χ4n) is 0.935. The molecule has 1 aromatic rings. The number of ether oxygens (including phenoxy) is 1. The summed E-state index contributed by atoms with van der Waals surface area (Å²) in [6.45, 7) is 0. The lowest BCUT2D eigenvalue weighted by Crippen LogP contribution is -2.29. The Bertz CT molecular complexity index is 348. The van der Waals surface area contributed by atoms with Gasteiger partial charge in [-0.15, -0.1) is 0 Å². The van der Waals surface area contributed by atoms with Crippen LogP contribution in [0.5, 0.6) is 5.75 Å². The molecular weight excluding hydrogens is 274 g/mol. The summed E-state index contributed by atoms with van der Waals surface area (Å²) in [7, 11) is 0. The van der Waals surface area contributed by atoms with Gasteiger partial charge in [0.05, 0.1) is 6.42 Å². The fourth-order valence-corrected chi connectivity index (χ4v) is 1.17. The summed E-state index contributed by atoms with van der Waals surface area (Å²) in [5.74, 6) is -0.283. The van der Waals surface area contributed by atoms with Crippen LogP contribution in [0.25, 0.3) is 0 Å². The fraction of sp³-hybridized carbons (Fsp3) is 0.300. The summed E-state index contributed by atoms with van der Waals surface area (Å²) in [6, 6.07) is 8.44. The number of halogens is 3. The molecule has 0 aromatic heterocycles. The van der Waals surface area contributed by atoms with Crippen LogP contribution in [0.15, 0.2) is 30.3 Å². The zero-order valence-electron chi connectivity index (χ0n) is 8.07. The van der Waals surface area contributed by atoms with Crippen molar-refractivity contribution in [3.05, 3.63) is 30.3 Å². The molecule has 0 saturated carbocycles. The van der Waals surface area contributed by atoms with Gasteiger partial charge in [0.1, 0.15) is 11.9 Å². The highest BCUT2D eigenvalue weighted by molar-refractivity contribution is 6.68. The Morgan fingerprint density at radius 3 is 2.38 bits per heavy atom. The van der Waals surface area contributed by atoms with Crippen LogP contribution in [0.3, 0.4) is 0 Å². The Labute approximate surface area is 108 Å². The number of carbonyl (C=O) groups is 1. The van der Waals surface area contributed by atoms with Crippen LogP contribution in [0.1, 0.15) is 6.42 Å². The van der Waals surface area contributed by atoms with Crippen LogP contribution in [0, 0.1) is 0 Å². The number of alkyl halides is 3. The molecular formula is C10H9Cl3O3. The molecule has 0 saturated heterocycles. The van der Waals surface area contributed by atoms with E-state index in [1.165, 1.54) is 0 Å². The van der Waals surface area contributed by atoms with Crippen molar-refractivity contribution in [1.29, 1.82) is 0 Å². The summed E-state index contributed by atoms with van der Waals surface area (Å²) in [5.41, 5.74) is 0. The van der Waals surface area contributed by atoms with Crippen molar-refractivity contribution in [1.82, 2.24) is 0 Å². The number of para-hydroxylation sites is 1. The highest BCUT2D eigenvalue weighted by Gasteiger charge is 2.33. The monoisotopic (exact) mass is 282 g/mol. The van der Waals surface area contributed by atoms with E-state index in [2.05, 4.69) is 0 Å². The topological polar surface area (TPSA) is 46.5 Å². The van der Waals surface area contributed by atoms with Gasteiger partial charge in [-0.2, -0.15) is 0 Å². The molecule has 1 N–H and O–H groups in total. The number of hydrogen-bond acceptors (Lipinski definition) is 3. The number of carbonyl (C=O) groups excluding carboxylic acids is 1. The molecule has 0 aliphatic rings. The summed E-state index contributed by atoms with van der Waals surface area (Å²) in [4.78, 5) is 11.3. The van der Waals surface area contributed by atoms with Gasteiger partial charge < -0.3 is 9.84 Å². The lowest BCUT2D eigenvalue weighted by molar-refractivity contribution is -0.136. The molecule has 0 aliphatic heterocycles. The van der Waals surface area contributed by atoms with Gasteiger partial charge in [-0.25, -0.2) is 0 Å². The van der Waals surface area contributed by atoms with Gasteiger partial charge in [0.25, 0.3) is 0 Å². The quantitative estimate of drug-likeness (QED) is 0.527. The first-order valence-electron chi connectivity index (χ1n) is 4.40. The van der Waals surface area contributed by atoms with E-state index in [1.54, 1.807) is 30.3 Å². The third-order valence-corrected chi connectivity index (χ3v) is 2.47. The molecule has 0 aliphatic carbocycles. The van der Waals surface area contributed by atoms with E-state index in [-0.39, 0.29) is 6.42 Å². The molecule has 0 amide bonds. The first kappa shape index (κ1) is 13.6. The molecule has 0 bridgehead atoms. The van der Waals surface area contributed by atoms with Crippen molar-refractivity contribution in [3.63, 3.8) is 0 Å². The van der Waals surface area contributed by atoms with Crippen molar-refractivity contribution in [2.45, 2.75) is 16.3 Å². The van der Waals surface area contributed by atoms with Gasteiger partial charge in [0.2, 0.25) is 3.79 Å². The normalized spacial score (nSPS) is 13.2. The summed E-state index contributed by atoms with van der Waals surface area (Å²) in [6.07, 6.45) is -1.78. The second kappa shape index (κ2) is 5.73. The first-order valence-corrected chi connectivity index (χ1v) is 5.53. The molecule has 0 fully saturated rings. The standard InChI is InChI=1S/C10H9Cl3O3/c11-10(12,13)8(14)6-9(15)16-7-4-2-1-3-5-7/h1-5,8,14H,6H2/t8-/m1/s1. The molecule has 1 rings (SSSR count). The van der Waals surface area contributed by atoms with Gasteiger partial charge in [0, 0.05) is 0 Å². The minimum absolute atomic E-state index is 0.379. The average molecular weight is 284 g/mol. The number of aliphatic hydroxyl groups is 1. The van der Waals surface area contributed by atoms with E-state index in [1.807, 2.05) is 0 Å². The number of hydrogen-bond donors (Lipinski definition) is 1. The Hall–Kier alpha value is -0.480. The van der Waals surface area contributed by atoms with Gasteiger partial charge in [-0.1, -0.05) is 53.0 Å². The lowest BCUT2D eigenvalue weighted by atomic mass is 10.3. The van der Waals surface area contributed by atoms with Crippen LogP contribution in [0.2, 0.25) is 0 Å². The lowest BCUT2D eigenvalue weighted by Gasteiger charge is -2.17. The maximum absolute atomic E-state index is 11.3. The van der Waals surface area contributed by atoms with Crippen LogP contribution >= 0.6 is 34.8 Å². The molecule has 16 heavy (non-hydrogen) atoms. The van der Waals surface area contributed by atoms with Crippen molar-refractivity contribution in [3.8, 4) is 5.75 Å². The van der Waals surface area contributed by atoms with E-state index in [0.717, 1.165) is 0 Å². The molecule has 1 atom stereocenters. The maximum Gasteiger partial charge on any atom is 0.313 e. The van der Waals surface area contributed by atoms with Gasteiger partial charge in [0.15, 0.2) is 0 Å². The average Bonchev–Trinajstić information content (AvgIpc) is 2.17. The molecule has 3 nitrogen and oxygen atoms in total. The second-order valence-corrected chi connectivity index (χ2v) is 5.42. The molecule has 1 aromatic carbocycles. The van der Waals surface area contributed by atoms with E-state index in [9.17, 15) is 9.90 Å². The van der Waals surface area contributed by atoms with Crippen LogP contribution in [0.4, 0.5) is 0 Å². The Morgan fingerprint density at radius 1 is 1.31 bits per heavy atom. The Morgan fingerprint density at radius 2 is 1.88 bits per heavy atom. The maximum atomic E-state index is 11.3. The van der Waals surface area contributed by atoms with Crippen LogP contribution < -0.4 is 4.74 Å². The molecule has 0 radical (unpaired) electrons. The molecule has 0 spiro atoms.